The quantitative estimate of drug-likeness (QED) is 0.686. The van der Waals surface area contributed by atoms with E-state index in [4.69, 9.17) is 11.6 Å². The summed E-state index contributed by atoms with van der Waals surface area (Å²) >= 11 is 9.12. The normalized spacial score (nSPS) is 11.2. The lowest BCUT2D eigenvalue weighted by molar-refractivity contribution is 0.732. The van der Waals surface area contributed by atoms with Gasteiger partial charge in [-0.05, 0) is 24.3 Å². The predicted molar refractivity (Wildman–Crippen MR) is 87.0 cm³/mol. The highest BCUT2D eigenvalue weighted by Gasteiger charge is 2.15. The Morgan fingerprint density at radius 1 is 1.43 bits per heavy atom. The predicted octanol–water partition coefficient (Wildman–Crippen LogP) is 3.31. The zero-order valence-corrected chi connectivity index (χ0v) is 13.7. The number of halogens is 1. The number of benzene rings is 1. The number of fused-ring (bicyclic) bond motifs is 1. The molecule has 0 fully saturated rings. The van der Waals surface area contributed by atoms with Crippen LogP contribution in [0.5, 0.6) is 0 Å². The lowest BCUT2D eigenvalue weighted by Crippen LogP contribution is -2.22. The Morgan fingerprint density at radius 2 is 2.24 bits per heavy atom. The van der Waals surface area contributed by atoms with Gasteiger partial charge in [0.1, 0.15) is 4.70 Å². The van der Waals surface area contributed by atoms with E-state index in [0.717, 1.165) is 15.7 Å². The summed E-state index contributed by atoms with van der Waals surface area (Å²) in [5.74, 6) is 0.894. The summed E-state index contributed by atoms with van der Waals surface area (Å²) in [6.45, 7) is 3.92. The molecule has 2 aromatic heterocycles. The SMILES string of the molecule is CCSc1nc2nnn(-c3c(C)cccc3Cl)c(=O)c2s1. The summed E-state index contributed by atoms with van der Waals surface area (Å²) in [6.07, 6.45) is 0. The second-order valence-electron chi connectivity index (χ2n) is 4.28. The molecule has 0 bridgehead atoms. The third-order valence-corrected chi connectivity index (χ3v) is 5.24. The van der Waals surface area contributed by atoms with Crippen LogP contribution in [0, 0.1) is 6.92 Å². The van der Waals surface area contributed by atoms with Gasteiger partial charge >= 0.3 is 0 Å². The Bertz CT molecular complexity index is 854. The highest BCUT2D eigenvalue weighted by molar-refractivity contribution is 8.01. The van der Waals surface area contributed by atoms with Gasteiger partial charge in [0.05, 0.1) is 10.7 Å². The highest BCUT2D eigenvalue weighted by atomic mass is 35.5. The minimum Gasteiger partial charge on any atom is -0.266 e. The average molecular weight is 339 g/mol. The van der Waals surface area contributed by atoms with Gasteiger partial charge in [0.25, 0.3) is 5.56 Å². The maximum atomic E-state index is 12.6. The number of thioether (sulfide) groups is 1. The van der Waals surface area contributed by atoms with Crippen molar-refractivity contribution in [2.45, 2.75) is 18.2 Å². The van der Waals surface area contributed by atoms with Crippen molar-refractivity contribution in [2.75, 3.05) is 5.75 Å². The van der Waals surface area contributed by atoms with E-state index >= 15 is 0 Å². The van der Waals surface area contributed by atoms with Crippen LogP contribution < -0.4 is 5.56 Å². The van der Waals surface area contributed by atoms with Gasteiger partial charge in [0.2, 0.25) is 5.65 Å². The zero-order valence-electron chi connectivity index (χ0n) is 11.3. The van der Waals surface area contributed by atoms with Gasteiger partial charge < -0.3 is 0 Å². The van der Waals surface area contributed by atoms with Crippen molar-refractivity contribution >= 4 is 45.0 Å². The van der Waals surface area contributed by atoms with Crippen LogP contribution in [0.1, 0.15) is 12.5 Å². The number of hydrogen-bond donors (Lipinski definition) is 0. The van der Waals surface area contributed by atoms with E-state index in [0.29, 0.717) is 21.1 Å². The van der Waals surface area contributed by atoms with Crippen LogP contribution in [0.3, 0.4) is 0 Å². The summed E-state index contributed by atoms with van der Waals surface area (Å²) in [7, 11) is 0. The first-order valence-corrected chi connectivity index (χ1v) is 8.44. The van der Waals surface area contributed by atoms with Crippen LogP contribution in [-0.2, 0) is 0 Å². The van der Waals surface area contributed by atoms with E-state index < -0.39 is 0 Å². The third kappa shape index (κ3) is 2.56. The van der Waals surface area contributed by atoms with Crippen molar-refractivity contribution in [1.82, 2.24) is 20.0 Å². The lowest BCUT2D eigenvalue weighted by atomic mass is 10.2. The number of hydrogen-bond acceptors (Lipinski definition) is 6. The Hall–Kier alpha value is -1.44. The molecule has 0 saturated carbocycles. The topological polar surface area (TPSA) is 60.7 Å². The van der Waals surface area contributed by atoms with Crippen LogP contribution >= 0.6 is 34.7 Å². The van der Waals surface area contributed by atoms with E-state index in [2.05, 4.69) is 15.3 Å². The van der Waals surface area contributed by atoms with Gasteiger partial charge in [0.15, 0.2) is 4.34 Å². The molecule has 1 aromatic carbocycles. The molecular formula is C13H11ClN4OS2. The highest BCUT2D eigenvalue weighted by Crippen LogP contribution is 2.27. The molecule has 0 atom stereocenters. The van der Waals surface area contributed by atoms with Crippen LogP contribution in [-0.4, -0.2) is 25.7 Å². The maximum Gasteiger partial charge on any atom is 0.294 e. The fraction of sp³-hybridized carbons (Fsp3) is 0.231. The van der Waals surface area contributed by atoms with Crippen LogP contribution in [0.2, 0.25) is 5.02 Å². The summed E-state index contributed by atoms with van der Waals surface area (Å²) in [5.41, 5.74) is 1.58. The van der Waals surface area contributed by atoms with E-state index in [1.807, 2.05) is 26.0 Å². The van der Waals surface area contributed by atoms with Crippen molar-refractivity contribution < 1.29 is 0 Å². The van der Waals surface area contributed by atoms with Crippen molar-refractivity contribution in [1.29, 1.82) is 0 Å². The van der Waals surface area contributed by atoms with Crippen molar-refractivity contribution in [2.24, 2.45) is 0 Å². The minimum absolute atomic E-state index is 0.239. The minimum atomic E-state index is -0.239. The fourth-order valence-electron chi connectivity index (χ4n) is 1.95. The maximum absolute atomic E-state index is 12.6. The molecule has 8 heteroatoms. The molecule has 0 N–H and O–H groups in total. The van der Waals surface area contributed by atoms with E-state index in [1.54, 1.807) is 17.8 Å². The molecule has 0 aliphatic rings. The zero-order chi connectivity index (χ0) is 15.0. The molecular weight excluding hydrogens is 328 g/mol. The summed E-state index contributed by atoms with van der Waals surface area (Å²) in [4.78, 5) is 16.9. The van der Waals surface area contributed by atoms with Crippen LogP contribution in [0.4, 0.5) is 0 Å². The monoisotopic (exact) mass is 338 g/mol. The number of thiazole rings is 1. The molecule has 21 heavy (non-hydrogen) atoms. The second-order valence-corrected chi connectivity index (χ2v) is 7.19. The molecule has 0 radical (unpaired) electrons. The number of nitrogens with zero attached hydrogens (tertiary/aromatic N) is 4. The number of aryl methyl sites for hydroxylation is 1. The van der Waals surface area contributed by atoms with Crippen LogP contribution in [0.25, 0.3) is 16.0 Å². The molecule has 0 saturated heterocycles. The number of para-hydroxylation sites is 1. The number of aromatic nitrogens is 4. The van der Waals surface area contributed by atoms with Crippen LogP contribution in [0.15, 0.2) is 27.3 Å². The van der Waals surface area contributed by atoms with Gasteiger partial charge in [-0.25, -0.2) is 4.98 Å². The molecule has 0 amide bonds. The molecule has 3 aromatic rings. The molecule has 5 nitrogen and oxygen atoms in total. The molecule has 0 unspecified atom stereocenters. The van der Waals surface area contributed by atoms with Gasteiger partial charge in [-0.1, -0.05) is 59.0 Å². The fourth-order valence-corrected chi connectivity index (χ4v) is 4.14. The Morgan fingerprint density at radius 3 is 2.95 bits per heavy atom. The lowest BCUT2D eigenvalue weighted by Gasteiger charge is -2.08. The van der Waals surface area contributed by atoms with Gasteiger partial charge in [-0.2, -0.15) is 4.68 Å². The van der Waals surface area contributed by atoms with Gasteiger partial charge in [-0.15, -0.1) is 5.10 Å². The van der Waals surface area contributed by atoms with E-state index in [9.17, 15) is 4.79 Å². The third-order valence-electron chi connectivity index (χ3n) is 2.87. The first-order chi connectivity index (χ1) is 10.1. The molecule has 0 spiro atoms. The molecule has 2 heterocycles. The van der Waals surface area contributed by atoms with Gasteiger partial charge in [-0.3, -0.25) is 4.79 Å². The second kappa shape index (κ2) is 5.75. The Kier molecular flexibility index (Phi) is 3.97. The summed E-state index contributed by atoms with van der Waals surface area (Å²) in [5, 5.41) is 8.49. The smallest absolute Gasteiger partial charge is 0.266 e. The molecule has 108 valence electrons. The standard InChI is InChI=1S/C13H11ClN4OS2/c1-3-20-13-15-11-10(21-13)12(19)18(17-16-11)9-7(2)5-4-6-8(9)14/h4-6H,3H2,1-2H3. The largest absolute Gasteiger partial charge is 0.294 e. The first-order valence-electron chi connectivity index (χ1n) is 6.26. The molecule has 0 aliphatic carbocycles. The van der Waals surface area contributed by atoms with Crippen molar-refractivity contribution in [3.05, 3.63) is 39.1 Å². The Labute approximate surface area is 134 Å². The number of rotatable bonds is 3. The first kappa shape index (κ1) is 14.5. The van der Waals surface area contributed by atoms with E-state index in [-0.39, 0.29) is 5.56 Å². The van der Waals surface area contributed by atoms with Gasteiger partial charge in [0, 0.05) is 0 Å². The molecule has 3 rings (SSSR count). The summed E-state index contributed by atoms with van der Waals surface area (Å²) < 4.78 is 2.58. The Balaban J connectivity index is 2.25. The van der Waals surface area contributed by atoms with Crippen molar-refractivity contribution in [3.63, 3.8) is 0 Å². The van der Waals surface area contributed by atoms with E-state index in [1.165, 1.54) is 16.0 Å². The summed E-state index contributed by atoms with van der Waals surface area (Å²) in [6, 6.07) is 5.44. The molecule has 0 aliphatic heterocycles. The van der Waals surface area contributed by atoms with Crippen molar-refractivity contribution in [3.8, 4) is 5.69 Å². The average Bonchev–Trinajstić information content (AvgIpc) is 2.85.